The minimum Gasteiger partial charge on any atom is -0.448 e. The average molecular weight is 643 g/mol. The van der Waals surface area contributed by atoms with E-state index in [0.29, 0.717) is 42.4 Å². The fourth-order valence-corrected chi connectivity index (χ4v) is 5.27. The molecule has 0 radical (unpaired) electrons. The van der Waals surface area contributed by atoms with Crippen LogP contribution in [0.25, 0.3) is 6.08 Å². The number of carbonyl (C=O) groups is 1. The van der Waals surface area contributed by atoms with Crippen molar-refractivity contribution in [1.82, 2.24) is 5.32 Å². The number of para-hydroxylation sites is 1. The molecule has 3 aromatic carbocycles. The lowest BCUT2D eigenvalue weighted by molar-refractivity contribution is -0.385. The van der Waals surface area contributed by atoms with Gasteiger partial charge in [-0.05, 0) is 91.7 Å². The van der Waals surface area contributed by atoms with Crippen LogP contribution in [0, 0.1) is 10.1 Å². The fourth-order valence-electron chi connectivity index (χ4n) is 3.04. The maximum Gasteiger partial charge on any atom is 0.416 e. The lowest BCUT2D eigenvalue weighted by Gasteiger charge is -2.13. The number of hydrogen-bond donors (Lipinski definition) is 1. The predicted molar refractivity (Wildman–Crippen MR) is 137 cm³/mol. The van der Waals surface area contributed by atoms with Crippen LogP contribution in [0.4, 0.5) is 24.5 Å². The van der Waals surface area contributed by atoms with Gasteiger partial charge in [-0.2, -0.15) is 13.2 Å². The highest BCUT2D eigenvalue weighted by Crippen LogP contribution is 2.43. The number of rotatable bonds is 5. The Hall–Kier alpha value is -3.16. The summed E-state index contributed by atoms with van der Waals surface area (Å²) in [5, 5.41) is 14.5. The minimum absolute atomic E-state index is 0.106. The van der Waals surface area contributed by atoms with E-state index in [0.717, 1.165) is 17.8 Å². The summed E-state index contributed by atoms with van der Waals surface area (Å²) in [6, 6.07) is 14.3. The molecule has 0 bridgehead atoms. The topological polar surface area (TPSA) is 93.8 Å². The number of ether oxygens (including phenoxy) is 1. The number of nitrogens with one attached hydrogen (secondary N) is 1. The SMILES string of the molecule is O=C1NC(=Nc2ccccc2)S/C1=C/c1cc(Br)c(Oc2ccc(C(F)(F)F)cc2[N+](=O)[O-])c(Br)c1. The molecule has 1 amide bonds. The number of thioether (sulfide) groups is 1. The van der Waals surface area contributed by atoms with E-state index in [4.69, 9.17) is 4.74 Å². The summed E-state index contributed by atoms with van der Waals surface area (Å²) in [6.45, 7) is 0. The second-order valence-electron chi connectivity index (χ2n) is 7.17. The van der Waals surface area contributed by atoms with Crippen molar-refractivity contribution in [2.24, 2.45) is 4.99 Å². The van der Waals surface area contributed by atoms with Gasteiger partial charge in [-0.25, -0.2) is 4.99 Å². The number of nitrogens with zero attached hydrogens (tertiary/aromatic N) is 2. The third-order valence-electron chi connectivity index (χ3n) is 4.65. The zero-order valence-electron chi connectivity index (χ0n) is 17.7. The van der Waals surface area contributed by atoms with Gasteiger partial charge in [0.1, 0.15) is 0 Å². The van der Waals surface area contributed by atoms with E-state index in [1.165, 1.54) is 0 Å². The van der Waals surface area contributed by atoms with Crippen molar-refractivity contribution >= 4 is 72.1 Å². The lowest BCUT2D eigenvalue weighted by Crippen LogP contribution is -2.19. The largest absolute Gasteiger partial charge is 0.448 e. The molecule has 0 atom stereocenters. The molecule has 184 valence electrons. The van der Waals surface area contributed by atoms with Gasteiger partial charge in [-0.1, -0.05) is 18.2 Å². The van der Waals surface area contributed by atoms with Crippen LogP contribution in [-0.2, 0) is 11.0 Å². The van der Waals surface area contributed by atoms with Gasteiger partial charge in [-0.15, -0.1) is 0 Å². The summed E-state index contributed by atoms with van der Waals surface area (Å²) in [5.41, 5.74) is -0.726. The van der Waals surface area contributed by atoms with Crippen molar-refractivity contribution in [3.05, 3.63) is 95.8 Å². The minimum atomic E-state index is -4.74. The van der Waals surface area contributed by atoms with Crippen molar-refractivity contribution in [2.75, 3.05) is 0 Å². The van der Waals surface area contributed by atoms with Gasteiger partial charge in [0.2, 0.25) is 5.75 Å². The molecule has 1 aliphatic rings. The Morgan fingerprint density at radius 3 is 2.33 bits per heavy atom. The van der Waals surface area contributed by atoms with Crippen LogP contribution in [-0.4, -0.2) is 16.0 Å². The molecule has 3 aromatic rings. The number of hydrogen-bond acceptors (Lipinski definition) is 6. The van der Waals surface area contributed by atoms with Crippen LogP contribution >= 0.6 is 43.6 Å². The zero-order chi connectivity index (χ0) is 26.0. The molecule has 1 N–H and O–H groups in total. The molecule has 7 nitrogen and oxygen atoms in total. The second-order valence-corrected chi connectivity index (χ2v) is 9.91. The van der Waals surface area contributed by atoms with Crippen molar-refractivity contribution < 1.29 is 27.6 Å². The predicted octanol–water partition coefficient (Wildman–Crippen LogP) is 7.82. The van der Waals surface area contributed by atoms with E-state index in [-0.39, 0.29) is 17.4 Å². The van der Waals surface area contributed by atoms with Crippen LogP contribution in [0.1, 0.15) is 11.1 Å². The molecule has 0 saturated carbocycles. The summed E-state index contributed by atoms with van der Waals surface area (Å²) >= 11 is 7.79. The second kappa shape index (κ2) is 10.4. The molecule has 0 aromatic heterocycles. The number of nitro benzene ring substituents is 1. The monoisotopic (exact) mass is 641 g/mol. The summed E-state index contributed by atoms with van der Waals surface area (Å²) in [5.74, 6) is -0.592. The van der Waals surface area contributed by atoms with E-state index < -0.39 is 22.4 Å². The third-order valence-corrected chi connectivity index (χ3v) is 6.74. The van der Waals surface area contributed by atoms with Crippen molar-refractivity contribution in [1.29, 1.82) is 0 Å². The van der Waals surface area contributed by atoms with Crippen molar-refractivity contribution in [2.45, 2.75) is 6.18 Å². The van der Waals surface area contributed by atoms with Crippen LogP contribution in [0.15, 0.2) is 79.5 Å². The summed E-state index contributed by atoms with van der Waals surface area (Å²) < 4.78 is 45.2. The fraction of sp³-hybridized carbons (Fsp3) is 0.0435. The molecule has 1 aliphatic heterocycles. The normalized spacial score (nSPS) is 15.9. The molecule has 1 heterocycles. The molecule has 0 spiro atoms. The van der Waals surface area contributed by atoms with E-state index in [1.807, 2.05) is 18.2 Å². The molecule has 13 heteroatoms. The molecule has 36 heavy (non-hydrogen) atoms. The van der Waals surface area contributed by atoms with Crippen LogP contribution in [0.3, 0.4) is 0 Å². The zero-order valence-corrected chi connectivity index (χ0v) is 21.7. The molecular weight excluding hydrogens is 631 g/mol. The van der Waals surface area contributed by atoms with E-state index >= 15 is 0 Å². The Bertz CT molecular complexity index is 1410. The molecule has 1 saturated heterocycles. The molecule has 4 rings (SSSR count). The van der Waals surface area contributed by atoms with E-state index in [9.17, 15) is 28.1 Å². The van der Waals surface area contributed by atoms with Crippen LogP contribution in [0.5, 0.6) is 11.5 Å². The highest BCUT2D eigenvalue weighted by atomic mass is 79.9. The number of amides is 1. The Morgan fingerprint density at radius 2 is 1.72 bits per heavy atom. The Morgan fingerprint density at radius 1 is 1.06 bits per heavy atom. The van der Waals surface area contributed by atoms with E-state index in [2.05, 4.69) is 42.2 Å². The van der Waals surface area contributed by atoms with Gasteiger partial charge in [-0.3, -0.25) is 14.9 Å². The molecule has 0 aliphatic carbocycles. The number of aliphatic imine (C=N–C) groups is 1. The Labute approximate surface area is 222 Å². The number of amidine groups is 1. The van der Waals surface area contributed by atoms with Gasteiger partial charge >= 0.3 is 11.9 Å². The van der Waals surface area contributed by atoms with Crippen LogP contribution < -0.4 is 10.1 Å². The number of nitro groups is 1. The highest BCUT2D eigenvalue weighted by Gasteiger charge is 2.33. The van der Waals surface area contributed by atoms with Crippen molar-refractivity contribution in [3.63, 3.8) is 0 Å². The number of carbonyl (C=O) groups excluding carboxylic acids is 1. The van der Waals surface area contributed by atoms with Crippen molar-refractivity contribution in [3.8, 4) is 11.5 Å². The third kappa shape index (κ3) is 5.97. The number of alkyl halides is 3. The Balaban J connectivity index is 1.60. The first-order valence-corrected chi connectivity index (χ1v) is 12.3. The first-order valence-electron chi connectivity index (χ1n) is 9.88. The Kier molecular flexibility index (Phi) is 7.52. The van der Waals surface area contributed by atoms with Crippen LogP contribution in [0.2, 0.25) is 0 Å². The average Bonchev–Trinajstić information content (AvgIpc) is 3.14. The highest BCUT2D eigenvalue weighted by molar-refractivity contribution is 9.11. The lowest BCUT2D eigenvalue weighted by atomic mass is 10.1. The van der Waals surface area contributed by atoms with Gasteiger partial charge in [0.25, 0.3) is 5.91 Å². The van der Waals surface area contributed by atoms with Gasteiger partial charge in [0.05, 0.1) is 30.0 Å². The molecular formula is C23H12Br2F3N3O4S. The molecule has 1 fully saturated rings. The maximum atomic E-state index is 13.0. The quantitative estimate of drug-likeness (QED) is 0.174. The van der Waals surface area contributed by atoms with E-state index in [1.54, 1.807) is 30.3 Å². The van der Waals surface area contributed by atoms with Gasteiger partial charge in [0, 0.05) is 6.07 Å². The number of halogens is 5. The standard InChI is InChI=1S/C23H12Br2F3N3O4S/c24-15-8-12(10-19-21(32)30-22(36-19)29-14-4-2-1-3-5-14)9-16(25)20(15)35-18-7-6-13(23(26,27)28)11-17(18)31(33)34/h1-11H,(H,29,30,32)/b19-10+. The maximum absolute atomic E-state index is 13.0. The number of benzene rings is 3. The summed E-state index contributed by atoms with van der Waals surface area (Å²) in [6.07, 6.45) is -3.12. The van der Waals surface area contributed by atoms with Gasteiger partial charge in [0.15, 0.2) is 10.9 Å². The molecule has 0 unspecified atom stereocenters. The summed E-state index contributed by atoms with van der Waals surface area (Å²) in [4.78, 5) is 27.6. The smallest absolute Gasteiger partial charge is 0.416 e. The van der Waals surface area contributed by atoms with Gasteiger partial charge < -0.3 is 10.1 Å². The summed E-state index contributed by atoms with van der Waals surface area (Å²) in [7, 11) is 0. The first-order chi connectivity index (χ1) is 17.0. The first kappa shape index (κ1) is 25.9.